The van der Waals surface area contributed by atoms with E-state index in [1.54, 1.807) is 89.1 Å². The molecule has 0 atom stereocenters. The third-order valence-electron chi connectivity index (χ3n) is 15.6. The molecule has 0 unspecified atom stereocenters. The summed E-state index contributed by atoms with van der Waals surface area (Å²) in [7, 11) is 0. The first kappa shape index (κ1) is 25.8. The Kier molecular flexibility index (Phi) is 4.39. The van der Waals surface area contributed by atoms with Crippen LogP contribution in [0, 0.1) is 0 Å². The van der Waals surface area contributed by atoms with Gasteiger partial charge in [-0.2, -0.15) is 0 Å². The summed E-state index contributed by atoms with van der Waals surface area (Å²) in [5.74, 6) is 0. The molecule has 0 amide bonds. The second-order valence-electron chi connectivity index (χ2n) is 16.6. The molecule has 5 saturated carbocycles. The summed E-state index contributed by atoms with van der Waals surface area (Å²) in [5, 5.41) is 0. The van der Waals surface area contributed by atoms with Crippen LogP contribution in [0.5, 0.6) is 0 Å². The predicted octanol–water partition coefficient (Wildman–Crippen LogP) is 11.1. The minimum absolute atomic E-state index is 0.00672. The fourth-order valence-corrected chi connectivity index (χ4v) is 14.4. The molecular weight excluding hydrogens is 577 g/mol. The van der Waals surface area contributed by atoms with Crippen molar-refractivity contribution in [1.29, 1.82) is 0 Å². The van der Waals surface area contributed by atoms with Gasteiger partial charge in [0.2, 0.25) is 0 Å². The topological polar surface area (TPSA) is 0 Å². The van der Waals surface area contributed by atoms with Crippen LogP contribution in [0.25, 0.3) is 0 Å². The molecule has 11 aliphatic rings. The molecule has 5 fully saturated rings. The molecule has 11 aliphatic carbocycles. The Morgan fingerprint density at radius 3 is 0.646 bits per heavy atom. The van der Waals surface area contributed by atoms with Gasteiger partial charge in [-0.3, -0.25) is 0 Å². The minimum atomic E-state index is -0.00672. The molecular formula is C48H40. The van der Waals surface area contributed by atoms with Gasteiger partial charge in [-0.05, 0) is 166 Å². The molecule has 15 rings (SSSR count). The van der Waals surface area contributed by atoms with E-state index in [-0.39, 0.29) is 21.7 Å². The first-order valence-corrected chi connectivity index (χ1v) is 19.1. The molecule has 0 N–H and O–H groups in total. The van der Waals surface area contributed by atoms with Crippen LogP contribution in [0.4, 0.5) is 0 Å². The number of benzene rings is 4. The minimum Gasteiger partial charge on any atom is -0.0619 e. The van der Waals surface area contributed by atoms with Gasteiger partial charge in [-0.15, -0.1) is 0 Å². The summed E-state index contributed by atoms with van der Waals surface area (Å²) in [6, 6.07) is 39.3. The molecule has 0 aliphatic heterocycles. The molecule has 4 aromatic carbocycles. The van der Waals surface area contributed by atoms with E-state index in [1.807, 2.05) is 0 Å². The first-order chi connectivity index (χ1) is 23.8. The van der Waals surface area contributed by atoms with E-state index in [4.69, 9.17) is 0 Å². The molecule has 0 heteroatoms. The van der Waals surface area contributed by atoms with E-state index in [9.17, 15) is 0 Å². The second-order valence-corrected chi connectivity index (χ2v) is 16.6. The standard InChI is InChI=1S/C48H40/c1-2-14-30-29(13-1)45-25-9-21-37(45)41-42(38-22-10-26-46(30,38)32-16-4-3-15-31(32)45)44-40-24-12-28-48(40)35-19-7-5-17-33(35)47(27-11-23-39(47)43(41)44)34-18-6-8-20-36(34)48/h1-8,13-20H,9-12,21-28H2. The lowest BCUT2D eigenvalue weighted by atomic mass is 9.45. The van der Waals surface area contributed by atoms with Crippen molar-refractivity contribution >= 4 is 0 Å². The van der Waals surface area contributed by atoms with Gasteiger partial charge in [-0.1, -0.05) is 97.1 Å². The molecule has 0 heterocycles. The van der Waals surface area contributed by atoms with Crippen molar-refractivity contribution < 1.29 is 0 Å². The molecule has 0 aromatic heterocycles. The van der Waals surface area contributed by atoms with Crippen LogP contribution in [0.15, 0.2) is 142 Å². The average molecular weight is 617 g/mol. The highest BCUT2D eigenvalue weighted by Gasteiger charge is 2.65. The van der Waals surface area contributed by atoms with Crippen molar-refractivity contribution in [3.05, 3.63) is 186 Å². The quantitative estimate of drug-likeness (QED) is 0.184. The lowest BCUT2D eigenvalue weighted by Crippen LogP contribution is -2.48. The highest BCUT2D eigenvalue weighted by molar-refractivity contribution is 5.92. The monoisotopic (exact) mass is 616 g/mol. The normalized spacial score (nSPS) is 33.7. The summed E-state index contributed by atoms with van der Waals surface area (Å²) < 4.78 is 0. The Labute approximate surface area is 284 Å². The third-order valence-corrected chi connectivity index (χ3v) is 15.6. The van der Waals surface area contributed by atoms with Gasteiger partial charge < -0.3 is 0 Å². The van der Waals surface area contributed by atoms with Crippen molar-refractivity contribution in [3.63, 3.8) is 0 Å². The Bertz CT molecular complexity index is 1920. The van der Waals surface area contributed by atoms with E-state index in [1.165, 1.54) is 77.0 Å². The van der Waals surface area contributed by atoms with Crippen molar-refractivity contribution in [2.24, 2.45) is 0 Å². The van der Waals surface area contributed by atoms with E-state index < -0.39 is 0 Å². The highest BCUT2D eigenvalue weighted by Crippen LogP contribution is 2.75. The molecule has 4 spiro atoms. The summed E-state index contributed by atoms with van der Waals surface area (Å²) in [6.45, 7) is 0. The molecule has 0 nitrogen and oxygen atoms in total. The lowest BCUT2D eigenvalue weighted by Gasteiger charge is -2.57. The molecule has 4 bridgehead atoms. The zero-order valence-electron chi connectivity index (χ0n) is 27.7. The Balaban J connectivity index is 1.29. The smallest absolute Gasteiger partial charge is 0.0426 e. The van der Waals surface area contributed by atoms with Crippen molar-refractivity contribution in [3.8, 4) is 0 Å². The first-order valence-electron chi connectivity index (χ1n) is 19.1. The van der Waals surface area contributed by atoms with Gasteiger partial charge in [0, 0.05) is 21.7 Å². The zero-order valence-corrected chi connectivity index (χ0v) is 27.7. The fraction of sp³-hybridized carbons (Fsp3) is 0.333. The Morgan fingerprint density at radius 1 is 0.271 bits per heavy atom. The van der Waals surface area contributed by atoms with E-state index in [0.717, 1.165) is 0 Å². The maximum Gasteiger partial charge on any atom is 0.0426 e. The van der Waals surface area contributed by atoms with Crippen LogP contribution >= 0.6 is 0 Å². The largest absolute Gasteiger partial charge is 0.0619 e. The molecule has 0 radical (unpaired) electrons. The second kappa shape index (κ2) is 8.16. The number of hydrogen-bond acceptors (Lipinski definition) is 0. The van der Waals surface area contributed by atoms with Gasteiger partial charge in [0.25, 0.3) is 0 Å². The maximum atomic E-state index is 2.56. The van der Waals surface area contributed by atoms with Gasteiger partial charge >= 0.3 is 0 Å². The average Bonchev–Trinajstić information content (AvgIpc) is 3.93. The van der Waals surface area contributed by atoms with Crippen LogP contribution in [-0.4, -0.2) is 0 Å². The van der Waals surface area contributed by atoms with E-state index in [2.05, 4.69) is 97.1 Å². The van der Waals surface area contributed by atoms with E-state index in [0.29, 0.717) is 0 Å². The van der Waals surface area contributed by atoms with Crippen LogP contribution in [0.2, 0.25) is 0 Å². The Hall–Kier alpha value is -4.16. The van der Waals surface area contributed by atoms with Crippen molar-refractivity contribution in [2.45, 2.75) is 98.7 Å². The number of allylic oxidation sites excluding steroid dienone is 8. The van der Waals surface area contributed by atoms with Crippen LogP contribution in [-0.2, 0) is 21.7 Å². The number of rotatable bonds is 0. The van der Waals surface area contributed by atoms with Crippen LogP contribution < -0.4 is 0 Å². The summed E-state index contributed by atoms with van der Waals surface area (Å²) in [6.07, 6.45) is 15.0. The number of hydrogen-bond donors (Lipinski definition) is 0. The van der Waals surface area contributed by atoms with Gasteiger partial charge in [0.15, 0.2) is 0 Å². The van der Waals surface area contributed by atoms with E-state index >= 15 is 0 Å². The predicted molar refractivity (Wildman–Crippen MR) is 192 cm³/mol. The third kappa shape index (κ3) is 2.36. The summed E-state index contributed by atoms with van der Waals surface area (Å²) in [4.78, 5) is 0. The van der Waals surface area contributed by atoms with Gasteiger partial charge in [0.05, 0.1) is 0 Å². The van der Waals surface area contributed by atoms with Gasteiger partial charge in [0.1, 0.15) is 0 Å². The zero-order chi connectivity index (χ0) is 31.0. The lowest BCUT2D eigenvalue weighted by molar-refractivity contribution is 0.490. The van der Waals surface area contributed by atoms with Crippen LogP contribution in [0.1, 0.15) is 122 Å². The van der Waals surface area contributed by atoms with Gasteiger partial charge in [-0.25, -0.2) is 0 Å². The molecule has 48 heavy (non-hydrogen) atoms. The molecule has 0 saturated heterocycles. The molecule has 232 valence electrons. The Morgan fingerprint density at radius 2 is 0.458 bits per heavy atom. The maximum absolute atomic E-state index is 2.56. The van der Waals surface area contributed by atoms with Crippen molar-refractivity contribution in [1.82, 2.24) is 0 Å². The fourth-order valence-electron chi connectivity index (χ4n) is 14.4. The van der Waals surface area contributed by atoms with Crippen molar-refractivity contribution in [2.75, 3.05) is 0 Å². The van der Waals surface area contributed by atoms with Crippen LogP contribution in [0.3, 0.4) is 0 Å². The highest BCUT2D eigenvalue weighted by atomic mass is 14.7. The molecule has 4 aromatic rings. The summed E-state index contributed by atoms with van der Waals surface area (Å²) >= 11 is 0. The summed E-state index contributed by atoms with van der Waals surface area (Å²) in [5.41, 5.74) is 27.3. The SMILES string of the molecule is c1ccc2c(c1)C13CCCC1=C1C(=C4CCCC42c2ccccc23)C2=C3CCCC34c3ccccc3C3(CCCC3=C12)c1ccccc14.